The van der Waals surface area contributed by atoms with E-state index in [4.69, 9.17) is 33.7 Å². The third-order valence-corrected chi connectivity index (χ3v) is 3.87. The molecule has 0 saturated carbocycles. The Morgan fingerprint density at radius 1 is 1.13 bits per heavy atom. The third-order valence-electron chi connectivity index (χ3n) is 3.32. The summed E-state index contributed by atoms with van der Waals surface area (Å²) in [6.07, 6.45) is -0.243. The number of nitrogens with one attached hydrogen (secondary N) is 1. The van der Waals surface area contributed by atoms with Crippen molar-refractivity contribution < 1.29 is 9.84 Å². The lowest BCUT2D eigenvalue weighted by atomic mass is 10.1. The number of benzene rings is 2. The van der Waals surface area contributed by atoms with Gasteiger partial charge in [-0.3, -0.25) is 5.73 Å². The number of hydrogen-bond donors (Lipinski definition) is 3. The summed E-state index contributed by atoms with van der Waals surface area (Å²) in [6, 6.07) is 14.5. The molecule has 0 fully saturated rings. The first kappa shape index (κ1) is 17.9. The highest BCUT2D eigenvalue weighted by Crippen LogP contribution is 2.25. The average Bonchev–Trinajstić information content (AvgIpc) is 2.54. The van der Waals surface area contributed by atoms with E-state index in [9.17, 15) is 5.11 Å². The molecule has 0 aromatic heterocycles. The van der Waals surface area contributed by atoms with Gasteiger partial charge in [0, 0.05) is 11.6 Å². The number of ether oxygens (including phenoxy) is 1. The first-order valence-corrected chi connectivity index (χ1v) is 8.16. The second-order valence-electron chi connectivity index (χ2n) is 5.16. The molecule has 0 saturated heterocycles. The van der Waals surface area contributed by atoms with Crippen molar-refractivity contribution in [2.45, 2.75) is 25.2 Å². The minimum atomic E-state index is -0.753. The molecule has 0 aliphatic carbocycles. The molecule has 2 unspecified atom stereocenters. The summed E-state index contributed by atoms with van der Waals surface area (Å²) in [6.45, 7) is 0.663. The smallest absolute Gasteiger partial charge is 0.173 e. The molecule has 6 heteroatoms. The van der Waals surface area contributed by atoms with Crippen molar-refractivity contribution in [3.63, 3.8) is 0 Å². The number of nitrogens with two attached hydrogens (primary N) is 1. The molecule has 0 bridgehead atoms. The van der Waals surface area contributed by atoms with Crippen molar-refractivity contribution in [2.75, 3.05) is 11.9 Å². The molecule has 4 N–H and O–H groups in total. The Hall–Kier alpha value is -1.46. The normalized spacial score (nSPS) is 13.4. The Bertz CT molecular complexity index is 611. The zero-order valence-electron chi connectivity index (χ0n) is 12.6. The van der Waals surface area contributed by atoms with Gasteiger partial charge in [0.15, 0.2) is 6.23 Å². The number of aliphatic hydroxyl groups is 1. The van der Waals surface area contributed by atoms with Crippen LogP contribution >= 0.6 is 23.2 Å². The first-order chi connectivity index (χ1) is 11.1. The van der Waals surface area contributed by atoms with Crippen molar-refractivity contribution >= 4 is 28.9 Å². The molecule has 2 rings (SSSR count). The van der Waals surface area contributed by atoms with Gasteiger partial charge in [0.2, 0.25) is 0 Å². The van der Waals surface area contributed by atoms with E-state index in [2.05, 4.69) is 5.32 Å². The molecule has 0 aliphatic rings. The van der Waals surface area contributed by atoms with Crippen LogP contribution in [0.2, 0.25) is 10.0 Å². The zero-order valence-corrected chi connectivity index (χ0v) is 14.1. The highest BCUT2D eigenvalue weighted by atomic mass is 35.5. The van der Waals surface area contributed by atoms with Crippen molar-refractivity contribution in [1.29, 1.82) is 0 Å². The fraction of sp³-hybridized carbons (Fsp3) is 0.294. The van der Waals surface area contributed by atoms with Crippen molar-refractivity contribution in [3.8, 4) is 5.75 Å². The number of para-hydroxylation sites is 1. The second kappa shape index (κ2) is 8.99. The van der Waals surface area contributed by atoms with Crippen LogP contribution in [0.1, 0.15) is 12.8 Å². The van der Waals surface area contributed by atoms with Gasteiger partial charge in [-0.1, -0.05) is 41.4 Å². The van der Waals surface area contributed by atoms with Crippen LogP contribution in [-0.2, 0) is 0 Å². The van der Waals surface area contributed by atoms with E-state index in [-0.39, 0.29) is 0 Å². The van der Waals surface area contributed by atoms with E-state index < -0.39 is 12.3 Å². The summed E-state index contributed by atoms with van der Waals surface area (Å²) in [5.74, 6) is 0.644. The molecular formula is C17H20Cl2N2O2. The van der Waals surface area contributed by atoms with Crippen molar-refractivity contribution in [2.24, 2.45) is 5.73 Å². The Morgan fingerprint density at radius 2 is 1.87 bits per heavy atom. The van der Waals surface area contributed by atoms with E-state index in [1.807, 2.05) is 24.3 Å². The Kier molecular flexibility index (Phi) is 6.99. The van der Waals surface area contributed by atoms with Crippen LogP contribution in [0.4, 0.5) is 5.69 Å². The molecule has 2 aromatic carbocycles. The minimum absolute atomic E-state index is 0.520. The summed E-state index contributed by atoms with van der Waals surface area (Å²) in [4.78, 5) is 0. The Morgan fingerprint density at radius 3 is 2.57 bits per heavy atom. The molecule has 0 amide bonds. The molecule has 124 valence electrons. The molecule has 23 heavy (non-hydrogen) atoms. The van der Waals surface area contributed by atoms with Gasteiger partial charge < -0.3 is 15.2 Å². The summed E-state index contributed by atoms with van der Waals surface area (Å²) in [5.41, 5.74) is 6.67. The molecule has 0 heterocycles. The lowest BCUT2D eigenvalue weighted by Crippen LogP contribution is -2.40. The van der Waals surface area contributed by atoms with Gasteiger partial charge in [0.25, 0.3) is 0 Å². The van der Waals surface area contributed by atoms with Crippen LogP contribution in [-0.4, -0.2) is 24.0 Å². The van der Waals surface area contributed by atoms with E-state index in [0.717, 1.165) is 12.1 Å². The predicted octanol–water partition coefficient (Wildman–Crippen LogP) is 3.91. The fourth-order valence-corrected chi connectivity index (χ4v) is 2.54. The highest BCUT2D eigenvalue weighted by molar-refractivity contribution is 6.36. The molecule has 0 aliphatic heterocycles. The average molecular weight is 355 g/mol. The van der Waals surface area contributed by atoms with Gasteiger partial charge in [-0.2, -0.15) is 0 Å². The number of halogens is 2. The van der Waals surface area contributed by atoms with Crippen LogP contribution in [0.5, 0.6) is 5.75 Å². The number of aliphatic hydroxyl groups excluding tert-OH is 1. The maximum absolute atomic E-state index is 10.0. The fourth-order valence-electron chi connectivity index (χ4n) is 2.07. The van der Waals surface area contributed by atoms with Gasteiger partial charge in [-0.25, -0.2) is 0 Å². The second-order valence-corrected chi connectivity index (χ2v) is 6.00. The predicted molar refractivity (Wildman–Crippen MR) is 95.2 cm³/mol. The van der Waals surface area contributed by atoms with Gasteiger partial charge in [-0.05, 0) is 43.2 Å². The van der Waals surface area contributed by atoms with E-state index >= 15 is 0 Å². The third kappa shape index (κ3) is 5.92. The maximum atomic E-state index is 10.0. The van der Waals surface area contributed by atoms with Crippen LogP contribution in [0, 0.1) is 0 Å². The molecule has 4 nitrogen and oxygen atoms in total. The summed E-state index contributed by atoms with van der Waals surface area (Å²) >= 11 is 11.9. The summed E-state index contributed by atoms with van der Waals surface area (Å²) in [5, 5.41) is 14.4. The number of rotatable bonds is 8. The Labute approximate surface area is 146 Å². The maximum Gasteiger partial charge on any atom is 0.173 e. The largest absolute Gasteiger partial charge is 0.473 e. The number of anilines is 1. The van der Waals surface area contributed by atoms with Crippen LogP contribution in [0.15, 0.2) is 48.5 Å². The van der Waals surface area contributed by atoms with Gasteiger partial charge in [-0.15, -0.1) is 0 Å². The highest BCUT2D eigenvalue weighted by Gasteiger charge is 2.16. The monoisotopic (exact) mass is 354 g/mol. The molecule has 0 spiro atoms. The Balaban J connectivity index is 1.71. The van der Waals surface area contributed by atoms with Gasteiger partial charge in [0.1, 0.15) is 11.9 Å². The van der Waals surface area contributed by atoms with Gasteiger partial charge >= 0.3 is 0 Å². The van der Waals surface area contributed by atoms with Crippen molar-refractivity contribution in [1.82, 2.24) is 0 Å². The molecular weight excluding hydrogens is 335 g/mol. The van der Waals surface area contributed by atoms with Crippen molar-refractivity contribution in [3.05, 3.63) is 58.6 Å². The van der Waals surface area contributed by atoms with Crippen LogP contribution in [0.3, 0.4) is 0 Å². The number of hydrogen-bond acceptors (Lipinski definition) is 4. The van der Waals surface area contributed by atoms with Crippen LogP contribution < -0.4 is 15.8 Å². The molecule has 2 atom stereocenters. The van der Waals surface area contributed by atoms with E-state index in [0.29, 0.717) is 28.8 Å². The van der Waals surface area contributed by atoms with Crippen LogP contribution in [0.25, 0.3) is 0 Å². The molecule has 0 radical (unpaired) electrons. The lowest BCUT2D eigenvalue weighted by molar-refractivity contribution is 0.0340. The van der Waals surface area contributed by atoms with E-state index in [1.165, 1.54) is 0 Å². The van der Waals surface area contributed by atoms with E-state index in [1.54, 1.807) is 24.3 Å². The standard InChI is InChI=1S/C17H20Cl2N2O2/c18-12-8-9-15(14(19)11-12)21-10-4-7-16(22)17(20)23-13-5-2-1-3-6-13/h1-3,5-6,8-9,11,16-17,21-22H,4,7,10,20H2. The summed E-state index contributed by atoms with van der Waals surface area (Å²) in [7, 11) is 0. The quantitative estimate of drug-likeness (QED) is 0.496. The first-order valence-electron chi connectivity index (χ1n) is 7.40. The SMILES string of the molecule is NC(Oc1ccccc1)C(O)CCCNc1ccc(Cl)cc1Cl. The minimum Gasteiger partial charge on any atom is -0.473 e. The lowest BCUT2D eigenvalue weighted by Gasteiger charge is -2.20. The zero-order chi connectivity index (χ0) is 16.7. The topological polar surface area (TPSA) is 67.5 Å². The van der Waals surface area contributed by atoms with Gasteiger partial charge in [0.05, 0.1) is 10.7 Å². The molecule has 2 aromatic rings. The summed E-state index contributed by atoms with van der Waals surface area (Å²) < 4.78 is 5.50.